The van der Waals surface area contributed by atoms with E-state index in [9.17, 15) is 14.4 Å². The Morgan fingerprint density at radius 3 is 2.25 bits per heavy atom. The van der Waals surface area contributed by atoms with Gasteiger partial charge in [-0.1, -0.05) is 6.92 Å². The molecule has 8 nitrogen and oxygen atoms in total. The molecular formula is C19H23NO7S. The van der Waals surface area contributed by atoms with Crippen LogP contribution in [0.3, 0.4) is 0 Å². The maximum Gasteiger partial charge on any atom is 0.326 e. The first-order valence-corrected chi connectivity index (χ1v) is 9.41. The van der Waals surface area contributed by atoms with E-state index in [1.165, 1.54) is 27.4 Å². The molecule has 1 aromatic carbocycles. The number of nitrogens with zero attached hydrogens (tertiary/aromatic N) is 1. The van der Waals surface area contributed by atoms with Crippen molar-refractivity contribution in [3.63, 3.8) is 0 Å². The van der Waals surface area contributed by atoms with E-state index in [1.54, 1.807) is 19.1 Å². The Morgan fingerprint density at radius 2 is 1.75 bits per heavy atom. The van der Waals surface area contributed by atoms with Gasteiger partial charge in [-0.15, -0.1) is 0 Å². The minimum absolute atomic E-state index is 0.190. The third-order valence-corrected chi connectivity index (χ3v) is 4.96. The molecule has 152 valence electrons. The molecule has 1 aliphatic heterocycles. The monoisotopic (exact) mass is 409 g/mol. The maximum atomic E-state index is 12.6. The number of imide groups is 1. The van der Waals surface area contributed by atoms with Crippen LogP contribution in [0.25, 0.3) is 6.08 Å². The first-order valence-electron chi connectivity index (χ1n) is 8.59. The number of benzene rings is 1. The molecule has 1 fully saturated rings. The van der Waals surface area contributed by atoms with Gasteiger partial charge in [-0.25, -0.2) is 0 Å². The highest BCUT2D eigenvalue weighted by atomic mass is 32.2. The summed E-state index contributed by atoms with van der Waals surface area (Å²) in [5, 5.41) is -0.523. The van der Waals surface area contributed by atoms with Crippen molar-refractivity contribution in [2.75, 3.05) is 27.9 Å². The summed E-state index contributed by atoms with van der Waals surface area (Å²) < 4.78 is 21.0. The predicted octanol–water partition coefficient (Wildman–Crippen LogP) is 3.09. The second kappa shape index (κ2) is 9.50. The summed E-state index contributed by atoms with van der Waals surface area (Å²) in [6.07, 6.45) is 1.91. The minimum atomic E-state index is -0.620. The summed E-state index contributed by atoms with van der Waals surface area (Å²) in [5.74, 6) is 0.0903. The maximum absolute atomic E-state index is 12.6. The third kappa shape index (κ3) is 4.78. The summed E-state index contributed by atoms with van der Waals surface area (Å²) in [6.45, 7) is 3.20. The standard InChI is InChI=1S/C19H23NO7S/c1-6-11(2)27-16(21)10-20-18(22)15(28-19(20)23)9-12-7-13(24-3)17(26-5)14(8-12)25-4/h7-9,11H,6,10H2,1-5H3/b15-9+/t11-/m1/s1. The fourth-order valence-corrected chi connectivity index (χ4v) is 3.28. The zero-order valence-corrected chi connectivity index (χ0v) is 17.3. The molecule has 0 spiro atoms. The van der Waals surface area contributed by atoms with Crippen LogP contribution in [0.2, 0.25) is 0 Å². The van der Waals surface area contributed by atoms with Gasteiger partial charge < -0.3 is 18.9 Å². The largest absolute Gasteiger partial charge is 0.493 e. The third-order valence-electron chi connectivity index (χ3n) is 4.05. The number of carbonyl (C=O) groups excluding carboxylic acids is 3. The number of esters is 1. The second-order valence-corrected chi connectivity index (χ2v) is 6.93. The quantitative estimate of drug-likeness (QED) is 0.478. The molecule has 0 saturated carbocycles. The summed E-state index contributed by atoms with van der Waals surface area (Å²) in [5.41, 5.74) is 0.585. The topological polar surface area (TPSA) is 91.4 Å². The van der Waals surface area contributed by atoms with Crippen molar-refractivity contribution in [3.05, 3.63) is 22.6 Å². The molecule has 0 bridgehead atoms. The van der Waals surface area contributed by atoms with E-state index >= 15 is 0 Å². The summed E-state index contributed by atoms with van der Waals surface area (Å²) in [4.78, 5) is 37.7. The van der Waals surface area contributed by atoms with Crippen molar-refractivity contribution in [1.29, 1.82) is 0 Å². The normalized spacial score (nSPS) is 16.3. The number of thioether (sulfide) groups is 1. The smallest absolute Gasteiger partial charge is 0.326 e. The average molecular weight is 409 g/mol. The van der Waals surface area contributed by atoms with Crippen molar-refractivity contribution in [2.24, 2.45) is 0 Å². The summed E-state index contributed by atoms with van der Waals surface area (Å²) in [6, 6.07) is 3.32. The summed E-state index contributed by atoms with van der Waals surface area (Å²) >= 11 is 0.758. The minimum Gasteiger partial charge on any atom is -0.493 e. The van der Waals surface area contributed by atoms with Crippen LogP contribution >= 0.6 is 11.8 Å². The van der Waals surface area contributed by atoms with Crippen LogP contribution in [0.5, 0.6) is 17.2 Å². The van der Waals surface area contributed by atoms with Gasteiger partial charge in [0, 0.05) is 0 Å². The second-order valence-electron chi connectivity index (χ2n) is 5.94. The lowest BCUT2D eigenvalue weighted by Crippen LogP contribution is -2.35. The Bertz CT molecular complexity index is 780. The number of rotatable bonds is 8. The van der Waals surface area contributed by atoms with Gasteiger partial charge in [0.1, 0.15) is 6.54 Å². The lowest BCUT2D eigenvalue weighted by atomic mass is 10.1. The van der Waals surface area contributed by atoms with E-state index in [2.05, 4.69) is 0 Å². The molecule has 2 amide bonds. The molecular weight excluding hydrogens is 386 g/mol. The molecule has 1 aromatic rings. The highest BCUT2D eigenvalue weighted by Crippen LogP contribution is 2.40. The molecule has 2 rings (SSSR count). The van der Waals surface area contributed by atoms with Crippen LogP contribution in [-0.4, -0.2) is 56.0 Å². The molecule has 0 unspecified atom stereocenters. The van der Waals surface area contributed by atoms with Crippen LogP contribution in [0.4, 0.5) is 4.79 Å². The zero-order valence-electron chi connectivity index (χ0n) is 16.4. The van der Waals surface area contributed by atoms with Crippen molar-refractivity contribution in [3.8, 4) is 17.2 Å². The predicted molar refractivity (Wildman–Crippen MR) is 105 cm³/mol. The van der Waals surface area contributed by atoms with Crippen LogP contribution in [0.15, 0.2) is 17.0 Å². The number of hydrogen-bond acceptors (Lipinski definition) is 8. The molecule has 1 atom stereocenters. The van der Waals surface area contributed by atoms with Gasteiger partial charge in [0.2, 0.25) is 5.75 Å². The van der Waals surface area contributed by atoms with Crippen LogP contribution in [-0.2, 0) is 14.3 Å². The van der Waals surface area contributed by atoms with E-state index in [1.807, 2.05) is 6.92 Å². The molecule has 1 saturated heterocycles. The number of ether oxygens (including phenoxy) is 4. The van der Waals surface area contributed by atoms with E-state index in [4.69, 9.17) is 18.9 Å². The number of methoxy groups -OCH3 is 3. The number of carbonyl (C=O) groups is 3. The van der Waals surface area contributed by atoms with Crippen molar-refractivity contribution >= 4 is 35.0 Å². The van der Waals surface area contributed by atoms with Gasteiger partial charge in [-0.2, -0.15) is 0 Å². The zero-order chi connectivity index (χ0) is 20.8. The van der Waals surface area contributed by atoms with Crippen LogP contribution < -0.4 is 14.2 Å². The van der Waals surface area contributed by atoms with Gasteiger partial charge in [0.25, 0.3) is 11.1 Å². The molecule has 1 heterocycles. The average Bonchev–Trinajstić information content (AvgIpc) is 2.94. The fourth-order valence-electron chi connectivity index (χ4n) is 2.45. The lowest BCUT2D eigenvalue weighted by Gasteiger charge is -2.15. The summed E-state index contributed by atoms with van der Waals surface area (Å²) in [7, 11) is 4.46. The lowest BCUT2D eigenvalue weighted by molar-refractivity contribution is -0.150. The highest BCUT2D eigenvalue weighted by molar-refractivity contribution is 8.18. The molecule has 1 aliphatic rings. The van der Waals surface area contributed by atoms with Gasteiger partial charge in [0.15, 0.2) is 11.5 Å². The van der Waals surface area contributed by atoms with Crippen molar-refractivity contribution in [1.82, 2.24) is 4.90 Å². The Labute approximate surface area is 167 Å². The van der Waals surface area contributed by atoms with Crippen LogP contribution in [0, 0.1) is 0 Å². The first kappa shape index (κ1) is 21.6. The van der Waals surface area contributed by atoms with Crippen LogP contribution in [0.1, 0.15) is 25.8 Å². The Balaban J connectivity index is 2.25. The molecule has 9 heteroatoms. The van der Waals surface area contributed by atoms with Crippen molar-refractivity contribution in [2.45, 2.75) is 26.4 Å². The van der Waals surface area contributed by atoms with E-state index in [0.29, 0.717) is 29.2 Å². The SMILES string of the molecule is CC[C@@H](C)OC(=O)CN1C(=O)S/C(=C/c2cc(OC)c(OC)c(OC)c2)C1=O. The van der Waals surface area contributed by atoms with Gasteiger partial charge in [-0.3, -0.25) is 19.3 Å². The fraction of sp³-hybridized carbons (Fsp3) is 0.421. The van der Waals surface area contributed by atoms with Gasteiger partial charge >= 0.3 is 5.97 Å². The van der Waals surface area contributed by atoms with Crippen molar-refractivity contribution < 1.29 is 33.3 Å². The number of amides is 2. The Kier molecular flexibility index (Phi) is 7.33. The molecule has 28 heavy (non-hydrogen) atoms. The van der Waals surface area contributed by atoms with E-state index in [-0.39, 0.29) is 11.0 Å². The van der Waals surface area contributed by atoms with Gasteiger partial charge in [-0.05, 0) is 48.9 Å². The van der Waals surface area contributed by atoms with Gasteiger partial charge in [0.05, 0.1) is 32.3 Å². The Hall–Kier alpha value is -2.68. The number of hydrogen-bond donors (Lipinski definition) is 0. The molecule has 0 N–H and O–H groups in total. The highest BCUT2D eigenvalue weighted by Gasteiger charge is 2.37. The molecule has 0 aromatic heterocycles. The Morgan fingerprint density at radius 1 is 1.14 bits per heavy atom. The first-order chi connectivity index (χ1) is 13.3. The molecule has 0 radical (unpaired) electrons. The van der Waals surface area contributed by atoms with E-state index in [0.717, 1.165) is 16.7 Å². The van der Waals surface area contributed by atoms with E-state index < -0.39 is 23.7 Å². The molecule has 0 aliphatic carbocycles.